The Bertz CT molecular complexity index is 235. The average molecular weight is 198 g/mol. The standard InChI is InChI=1S/C11H18O3/c1-3-7-11(10(13)14-4-2)8-5-6-9(11)12/h3-8H2,1-2H3/t11-/m1/s1. The van der Waals surface area contributed by atoms with Gasteiger partial charge in [-0.2, -0.15) is 0 Å². The monoisotopic (exact) mass is 198 g/mol. The van der Waals surface area contributed by atoms with Crippen molar-refractivity contribution < 1.29 is 14.3 Å². The quantitative estimate of drug-likeness (QED) is 0.513. The number of hydrogen-bond donors (Lipinski definition) is 0. The summed E-state index contributed by atoms with van der Waals surface area (Å²) in [7, 11) is 0. The molecular weight excluding hydrogens is 180 g/mol. The van der Waals surface area contributed by atoms with Crippen molar-refractivity contribution >= 4 is 11.8 Å². The molecule has 14 heavy (non-hydrogen) atoms. The zero-order chi connectivity index (χ0) is 10.6. The molecule has 0 heterocycles. The van der Waals surface area contributed by atoms with Crippen LogP contribution >= 0.6 is 0 Å². The minimum absolute atomic E-state index is 0.0813. The third-order valence-electron chi connectivity index (χ3n) is 2.88. The van der Waals surface area contributed by atoms with E-state index in [0.717, 1.165) is 12.8 Å². The normalized spacial score (nSPS) is 26.6. The van der Waals surface area contributed by atoms with Crippen molar-refractivity contribution in [1.82, 2.24) is 0 Å². The first-order valence-corrected chi connectivity index (χ1v) is 5.38. The van der Waals surface area contributed by atoms with Crippen molar-refractivity contribution in [3.63, 3.8) is 0 Å². The van der Waals surface area contributed by atoms with E-state index in [1.165, 1.54) is 0 Å². The zero-order valence-corrected chi connectivity index (χ0v) is 8.97. The lowest BCUT2D eigenvalue weighted by Crippen LogP contribution is -2.36. The van der Waals surface area contributed by atoms with Crippen LogP contribution in [0, 0.1) is 5.41 Å². The number of hydrogen-bond acceptors (Lipinski definition) is 3. The Morgan fingerprint density at radius 1 is 1.50 bits per heavy atom. The smallest absolute Gasteiger partial charge is 0.319 e. The second-order valence-corrected chi connectivity index (χ2v) is 3.83. The van der Waals surface area contributed by atoms with E-state index >= 15 is 0 Å². The molecule has 0 aromatic carbocycles. The number of ketones is 1. The molecule has 0 aliphatic heterocycles. The van der Waals surface area contributed by atoms with Gasteiger partial charge in [0.15, 0.2) is 0 Å². The van der Waals surface area contributed by atoms with Crippen LogP contribution in [0.5, 0.6) is 0 Å². The Hall–Kier alpha value is -0.860. The van der Waals surface area contributed by atoms with E-state index in [1.807, 2.05) is 6.92 Å². The summed E-state index contributed by atoms with van der Waals surface area (Å²) in [5, 5.41) is 0. The van der Waals surface area contributed by atoms with Crippen LogP contribution in [-0.4, -0.2) is 18.4 Å². The highest BCUT2D eigenvalue weighted by atomic mass is 16.5. The molecule has 0 aromatic rings. The minimum Gasteiger partial charge on any atom is -0.465 e. The maximum Gasteiger partial charge on any atom is 0.319 e. The molecule has 1 aliphatic carbocycles. The van der Waals surface area contributed by atoms with Crippen LogP contribution in [0.25, 0.3) is 0 Å². The third-order valence-corrected chi connectivity index (χ3v) is 2.88. The van der Waals surface area contributed by atoms with E-state index in [4.69, 9.17) is 4.74 Å². The maximum absolute atomic E-state index is 11.7. The third kappa shape index (κ3) is 1.81. The van der Waals surface area contributed by atoms with Gasteiger partial charge in [-0.15, -0.1) is 0 Å². The zero-order valence-electron chi connectivity index (χ0n) is 8.97. The molecule has 1 atom stereocenters. The molecule has 0 saturated heterocycles. The minimum atomic E-state index is -0.787. The summed E-state index contributed by atoms with van der Waals surface area (Å²) in [5.41, 5.74) is -0.787. The van der Waals surface area contributed by atoms with Gasteiger partial charge in [-0.05, 0) is 26.2 Å². The van der Waals surface area contributed by atoms with Gasteiger partial charge in [0.05, 0.1) is 6.61 Å². The Morgan fingerprint density at radius 3 is 2.64 bits per heavy atom. The lowest BCUT2D eigenvalue weighted by Gasteiger charge is -2.23. The Labute approximate surface area is 84.8 Å². The van der Waals surface area contributed by atoms with Gasteiger partial charge in [0, 0.05) is 6.42 Å². The molecule has 0 aromatic heterocycles. The highest BCUT2D eigenvalue weighted by Crippen LogP contribution is 2.40. The molecule has 0 N–H and O–H groups in total. The summed E-state index contributed by atoms with van der Waals surface area (Å²) >= 11 is 0. The van der Waals surface area contributed by atoms with Gasteiger partial charge >= 0.3 is 5.97 Å². The summed E-state index contributed by atoms with van der Waals surface area (Å²) < 4.78 is 4.99. The summed E-state index contributed by atoms with van der Waals surface area (Å²) in [4.78, 5) is 23.4. The summed E-state index contributed by atoms with van der Waals surface area (Å²) in [6.07, 6.45) is 3.55. The van der Waals surface area contributed by atoms with E-state index in [1.54, 1.807) is 6.92 Å². The van der Waals surface area contributed by atoms with Crippen molar-refractivity contribution in [1.29, 1.82) is 0 Å². The number of Topliss-reactive ketones (excluding diaryl/α,β-unsaturated/α-hetero) is 1. The van der Waals surface area contributed by atoms with Gasteiger partial charge in [-0.1, -0.05) is 13.3 Å². The van der Waals surface area contributed by atoms with Crippen LogP contribution in [0.1, 0.15) is 46.0 Å². The lowest BCUT2D eigenvalue weighted by molar-refractivity contribution is -0.159. The van der Waals surface area contributed by atoms with Gasteiger partial charge in [0.25, 0.3) is 0 Å². The first kappa shape index (κ1) is 11.2. The molecule has 1 aliphatic rings. The summed E-state index contributed by atoms with van der Waals surface area (Å²) in [6.45, 7) is 4.13. The Balaban J connectivity index is 2.80. The molecule has 3 nitrogen and oxygen atoms in total. The van der Waals surface area contributed by atoms with E-state index < -0.39 is 5.41 Å². The van der Waals surface area contributed by atoms with Crippen LogP contribution in [0.15, 0.2) is 0 Å². The molecule has 80 valence electrons. The van der Waals surface area contributed by atoms with Crippen LogP contribution in [0.2, 0.25) is 0 Å². The molecule has 0 spiro atoms. The molecular formula is C11H18O3. The Morgan fingerprint density at radius 2 is 2.21 bits per heavy atom. The van der Waals surface area contributed by atoms with E-state index in [0.29, 0.717) is 25.9 Å². The molecule has 1 rings (SSSR count). The molecule has 0 amide bonds. The summed E-state index contributed by atoms with van der Waals surface area (Å²) in [6, 6.07) is 0. The topological polar surface area (TPSA) is 43.4 Å². The van der Waals surface area contributed by atoms with Crippen molar-refractivity contribution in [3.05, 3.63) is 0 Å². The van der Waals surface area contributed by atoms with Crippen molar-refractivity contribution in [2.75, 3.05) is 6.61 Å². The van der Waals surface area contributed by atoms with Gasteiger partial charge in [0.1, 0.15) is 11.2 Å². The predicted molar refractivity (Wildman–Crippen MR) is 52.8 cm³/mol. The number of rotatable bonds is 4. The van der Waals surface area contributed by atoms with Crippen molar-refractivity contribution in [3.8, 4) is 0 Å². The van der Waals surface area contributed by atoms with E-state index in [2.05, 4.69) is 0 Å². The molecule has 0 bridgehead atoms. The molecule has 1 fully saturated rings. The Kier molecular flexibility index (Phi) is 3.67. The molecule has 3 heteroatoms. The van der Waals surface area contributed by atoms with E-state index in [-0.39, 0.29) is 11.8 Å². The number of carbonyl (C=O) groups excluding carboxylic acids is 2. The fourth-order valence-electron chi connectivity index (χ4n) is 2.21. The fraction of sp³-hybridized carbons (Fsp3) is 0.818. The van der Waals surface area contributed by atoms with Crippen molar-refractivity contribution in [2.45, 2.75) is 46.0 Å². The lowest BCUT2D eigenvalue weighted by atomic mass is 9.81. The van der Waals surface area contributed by atoms with Gasteiger partial charge in [-0.3, -0.25) is 9.59 Å². The maximum atomic E-state index is 11.7. The molecule has 0 unspecified atom stereocenters. The summed E-state index contributed by atoms with van der Waals surface area (Å²) in [5.74, 6) is -0.220. The SMILES string of the molecule is CCC[C@@]1(C(=O)OCC)CCCC1=O. The van der Waals surface area contributed by atoms with Crippen molar-refractivity contribution in [2.24, 2.45) is 5.41 Å². The first-order chi connectivity index (χ1) is 6.67. The van der Waals surface area contributed by atoms with Gasteiger partial charge in [-0.25, -0.2) is 0 Å². The number of carbonyl (C=O) groups is 2. The highest BCUT2D eigenvalue weighted by molar-refractivity contribution is 6.05. The first-order valence-electron chi connectivity index (χ1n) is 5.38. The fourth-order valence-corrected chi connectivity index (χ4v) is 2.21. The predicted octanol–water partition coefficient (Wildman–Crippen LogP) is 2.09. The van der Waals surface area contributed by atoms with Crippen LogP contribution in [-0.2, 0) is 14.3 Å². The van der Waals surface area contributed by atoms with Crippen LogP contribution in [0.3, 0.4) is 0 Å². The van der Waals surface area contributed by atoms with Crippen LogP contribution in [0.4, 0.5) is 0 Å². The van der Waals surface area contributed by atoms with Crippen LogP contribution < -0.4 is 0 Å². The second-order valence-electron chi connectivity index (χ2n) is 3.83. The van der Waals surface area contributed by atoms with Gasteiger partial charge < -0.3 is 4.74 Å². The highest BCUT2D eigenvalue weighted by Gasteiger charge is 2.48. The van der Waals surface area contributed by atoms with E-state index in [9.17, 15) is 9.59 Å². The average Bonchev–Trinajstić information content (AvgIpc) is 2.50. The van der Waals surface area contributed by atoms with Gasteiger partial charge in [0.2, 0.25) is 0 Å². The number of ether oxygens (including phenoxy) is 1. The largest absolute Gasteiger partial charge is 0.465 e. The number of esters is 1. The molecule has 1 saturated carbocycles. The molecule has 0 radical (unpaired) electrons. The second kappa shape index (κ2) is 4.58.